The molecule has 0 aromatic heterocycles. The van der Waals surface area contributed by atoms with Gasteiger partial charge in [0.2, 0.25) is 0 Å². The number of aliphatic hydroxyl groups excluding tert-OH is 3. The van der Waals surface area contributed by atoms with E-state index in [1.165, 1.54) is 0 Å². The molecule has 4 heteroatoms. The van der Waals surface area contributed by atoms with Gasteiger partial charge in [-0.05, 0) is 6.08 Å². The van der Waals surface area contributed by atoms with Crippen LogP contribution in [-0.2, 0) is 0 Å². The Kier molecular flexibility index (Phi) is 2.03. The highest BCUT2D eigenvalue weighted by molar-refractivity contribution is 5.07. The normalized spacial score (nSPS) is 47.6. The van der Waals surface area contributed by atoms with Crippen LogP contribution in [0.25, 0.3) is 0 Å². The van der Waals surface area contributed by atoms with Crippen molar-refractivity contribution in [2.45, 2.75) is 24.5 Å². The zero-order chi connectivity index (χ0) is 7.72. The fourth-order valence-electron chi connectivity index (χ4n) is 0.838. The van der Waals surface area contributed by atoms with E-state index in [1.54, 1.807) is 0 Å². The fraction of sp³-hybridized carbons (Fsp3) is 0.667. The average molecular weight is 148 g/mol. The Morgan fingerprint density at radius 1 is 1.00 bits per heavy atom. The summed E-state index contributed by atoms with van der Waals surface area (Å²) in [6, 6.07) is 0. The lowest BCUT2D eigenvalue weighted by atomic mass is 9.97. The fourth-order valence-corrected chi connectivity index (χ4v) is 0.838. The van der Waals surface area contributed by atoms with Crippen LogP contribution >= 0.6 is 0 Å². The third-order valence-corrected chi connectivity index (χ3v) is 1.52. The molecule has 0 spiro atoms. The van der Waals surface area contributed by atoms with Gasteiger partial charge in [-0.25, -0.2) is 4.39 Å². The number of hydrogen-bond acceptors (Lipinski definition) is 3. The van der Waals surface area contributed by atoms with Crippen molar-refractivity contribution in [1.29, 1.82) is 0 Å². The lowest BCUT2D eigenvalue weighted by Crippen LogP contribution is -2.44. The molecule has 0 saturated carbocycles. The minimum atomic E-state index is -1.57. The highest BCUT2D eigenvalue weighted by Crippen LogP contribution is 2.15. The van der Waals surface area contributed by atoms with Gasteiger partial charge in [0.25, 0.3) is 0 Å². The molecule has 10 heavy (non-hydrogen) atoms. The van der Waals surface area contributed by atoms with Gasteiger partial charge in [-0.15, -0.1) is 0 Å². The van der Waals surface area contributed by atoms with E-state index in [-0.39, 0.29) is 0 Å². The molecule has 0 amide bonds. The van der Waals surface area contributed by atoms with Crippen molar-refractivity contribution < 1.29 is 19.7 Å². The maximum Gasteiger partial charge on any atom is 0.147 e. The number of hydrogen-bond donors (Lipinski definition) is 3. The third kappa shape index (κ3) is 1.18. The largest absolute Gasteiger partial charge is 0.387 e. The summed E-state index contributed by atoms with van der Waals surface area (Å²) in [6.45, 7) is 0. The third-order valence-electron chi connectivity index (χ3n) is 1.52. The SMILES string of the molecule is O[C@H]1[C@H](O)[C@@H](F)C=C[C@H]1O. The number of alkyl halides is 1. The summed E-state index contributed by atoms with van der Waals surface area (Å²) in [4.78, 5) is 0. The molecule has 0 unspecified atom stereocenters. The van der Waals surface area contributed by atoms with E-state index in [0.717, 1.165) is 12.2 Å². The summed E-state index contributed by atoms with van der Waals surface area (Å²) in [5.41, 5.74) is 0. The Morgan fingerprint density at radius 2 is 1.60 bits per heavy atom. The molecular formula is C6H9FO3. The molecule has 3 nitrogen and oxygen atoms in total. The predicted molar refractivity (Wildman–Crippen MR) is 32.1 cm³/mol. The first-order chi connectivity index (χ1) is 4.63. The van der Waals surface area contributed by atoms with Gasteiger partial charge in [0.1, 0.15) is 24.5 Å². The van der Waals surface area contributed by atoms with Crippen LogP contribution in [0.15, 0.2) is 12.2 Å². The second-order valence-corrected chi connectivity index (χ2v) is 2.30. The van der Waals surface area contributed by atoms with Crippen molar-refractivity contribution in [1.82, 2.24) is 0 Å². The Hall–Kier alpha value is -0.450. The van der Waals surface area contributed by atoms with Crippen LogP contribution in [0.2, 0.25) is 0 Å². The van der Waals surface area contributed by atoms with Gasteiger partial charge < -0.3 is 15.3 Å². The van der Waals surface area contributed by atoms with Crippen molar-refractivity contribution in [2.24, 2.45) is 0 Å². The van der Waals surface area contributed by atoms with Crippen molar-refractivity contribution in [3.05, 3.63) is 12.2 Å². The Bertz CT molecular complexity index is 132. The first kappa shape index (κ1) is 7.65. The number of halogens is 1. The average Bonchev–Trinajstić information content (AvgIpc) is 1.93. The van der Waals surface area contributed by atoms with Gasteiger partial charge >= 0.3 is 0 Å². The molecule has 1 aliphatic rings. The minimum Gasteiger partial charge on any atom is -0.387 e. The number of aliphatic hydroxyl groups is 3. The molecular weight excluding hydrogens is 139 g/mol. The first-order valence-electron chi connectivity index (χ1n) is 2.99. The van der Waals surface area contributed by atoms with Gasteiger partial charge in [0.05, 0.1) is 0 Å². The van der Waals surface area contributed by atoms with Crippen LogP contribution in [0.1, 0.15) is 0 Å². The summed E-state index contributed by atoms with van der Waals surface area (Å²) in [5, 5.41) is 26.4. The molecule has 0 heterocycles. The summed E-state index contributed by atoms with van der Waals surface area (Å²) >= 11 is 0. The monoisotopic (exact) mass is 148 g/mol. The smallest absolute Gasteiger partial charge is 0.147 e. The Labute approximate surface area is 57.4 Å². The molecule has 3 N–H and O–H groups in total. The molecule has 1 aliphatic carbocycles. The topological polar surface area (TPSA) is 60.7 Å². The van der Waals surface area contributed by atoms with Gasteiger partial charge in [-0.2, -0.15) is 0 Å². The maximum absolute atomic E-state index is 12.4. The Morgan fingerprint density at radius 3 is 2.10 bits per heavy atom. The highest BCUT2D eigenvalue weighted by atomic mass is 19.1. The molecule has 0 radical (unpaired) electrons. The first-order valence-corrected chi connectivity index (χ1v) is 2.99. The molecule has 1 rings (SSSR count). The molecule has 0 aliphatic heterocycles. The Balaban J connectivity index is 2.69. The lowest BCUT2D eigenvalue weighted by Gasteiger charge is -2.26. The second-order valence-electron chi connectivity index (χ2n) is 2.30. The van der Waals surface area contributed by atoms with E-state index >= 15 is 0 Å². The van der Waals surface area contributed by atoms with Crippen LogP contribution in [0, 0.1) is 0 Å². The summed E-state index contributed by atoms with van der Waals surface area (Å²) in [5.74, 6) is 0. The quantitative estimate of drug-likeness (QED) is 0.385. The van der Waals surface area contributed by atoms with E-state index in [9.17, 15) is 4.39 Å². The summed E-state index contributed by atoms with van der Waals surface area (Å²) in [6.07, 6.45) is -3.47. The zero-order valence-corrected chi connectivity index (χ0v) is 5.18. The second kappa shape index (κ2) is 2.65. The van der Waals surface area contributed by atoms with E-state index in [1.807, 2.05) is 0 Å². The predicted octanol–water partition coefficient (Wildman–Crippen LogP) is -1.02. The van der Waals surface area contributed by atoms with E-state index in [0.29, 0.717) is 0 Å². The van der Waals surface area contributed by atoms with Crippen LogP contribution in [0.4, 0.5) is 4.39 Å². The van der Waals surface area contributed by atoms with Gasteiger partial charge in [0.15, 0.2) is 0 Å². The van der Waals surface area contributed by atoms with Gasteiger partial charge in [0, 0.05) is 0 Å². The molecule has 0 aromatic rings. The van der Waals surface area contributed by atoms with Gasteiger partial charge in [-0.1, -0.05) is 6.08 Å². The molecule has 0 saturated heterocycles. The standard InChI is InChI=1S/C6H9FO3/c7-3-1-2-4(8)6(10)5(3)9/h1-6,8-10H/t3-,4+,5+,6+/m0/s1. The zero-order valence-electron chi connectivity index (χ0n) is 5.18. The lowest BCUT2D eigenvalue weighted by molar-refractivity contribution is -0.0708. The number of rotatable bonds is 0. The maximum atomic E-state index is 12.4. The molecule has 4 atom stereocenters. The van der Waals surface area contributed by atoms with Crippen molar-refractivity contribution in [2.75, 3.05) is 0 Å². The van der Waals surface area contributed by atoms with Crippen molar-refractivity contribution >= 4 is 0 Å². The van der Waals surface area contributed by atoms with Crippen LogP contribution in [-0.4, -0.2) is 39.8 Å². The van der Waals surface area contributed by atoms with Crippen molar-refractivity contribution in [3.8, 4) is 0 Å². The molecule has 0 bridgehead atoms. The van der Waals surface area contributed by atoms with Crippen LogP contribution < -0.4 is 0 Å². The molecule has 0 aromatic carbocycles. The van der Waals surface area contributed by atoms with E-state index in [4.69, 9.17) is 15.3 Å². The summed E-state index contributed by atoms with van der Waals surface area (Å²) in [7, 11) is 0. The van der Waals surface area contributed by atoms with Gasteiger partial charge in [-0.3, -0.25) is 0 Å². The van der Waals surface area contributed by atoms with E-state index < -0.39 is 24.5 Å². The minimum absolute atomic E-state index is 1.03. The molecule has 0 fully saturated rings. The van der Waals surface area contributed by atoms with Crippen molar-refractivity contribution in [3.63, 3.8) is 0 Å². The summed E-state index contributed by atoms with van der Waals surface area (Å²) < 4.78 is 12.4. The highest BCUT2D eigenvalue weighted by Gasteiger charge is 2.32. The molecule has 58 valence electrons. The van der Waals surface area contributed by atoms with Crippen LogP contribution in [0.5, 0.6) is 0 Å². The van der Waals surface area contributed by atoms with Crippen LogP contribution in [0.3, 0.4) is 0 Å². The van der Waals surface area contributed by atoms with E-state index in [2.05, 4.69) is 0 Å².